The Kier molecular flexibility index (Phi) is 3.68. The molecule has 94 valence electrons. The van der Waals surface area contributed by atoms with Gasteiger partial charge >= 0.3 is 5.97 Å². The largest absolute Gasteiger partial charge is 0.462 e. The van der Waals surface area contributed by atoms with Gasteiger partial charge in [0.25, 0.3) is 0 Å². The van der Waals surface area contributed by atoms with Crippen LogP contribution in [0.15, 0.2) is 6.07 Å². The molecule has 0 aromatic carbocycles. The molecule has 17 heavy (non-hydrogen) atoms. The van der Waals surface area contributed by atoms with Crippen LogP contribution in [0.3, 0.4) is 0 Å². The number of aromatic nitrogens is 1. The summed E-state index contributed by atoms with van der Waals surface area (Å²) in [6, 6.07) is 1.86. The molecule has 0 spiro atoms. The van der Waals surface area contributed by atoms with Crippen molar-refractivity contribution in [2.75, 3.05) is 37.8 Å². The third-order valence-electron chi connectivity index (χ3n) is 2.85. The van der Waals surface area contributed by atoms with E-state index in [4.69, 9.17) is 9.47 Å². The Morgan fingerprint density at radius 3 is 2.88 bits per heavy atom. The van der Waals surface area contributed by atoms with Crippen LogP contribution in [0.2, 0.25) is 0 Å². The van der Waals surface area contributed by atoms with E-state index in [0.717, 1.165) is 37.8 Å². The number of aryl methyl sites for hydroxylation is 1. The number of hydrogen-bond donors (Lipinski definition) is 1. The summed E-state index contributed by atoms with van der Waals surface area (Å²) in [5, 5.41) is 0. The minimum Gasteiger partial charge on any atom is -0.462 e. The molecule has 0 radical (unpaired) electrons. The van der Waals surface area contributed by atoms with E-state index in [0.29, 0.717) is 12.2 Å². The summed E-state index contributed by atoms with van der Waals surface area (Å²) in [4.78, 5) is 17.1. The zero-order valence-electron chi connectivity index (χ0n) is 10.3. The maximum absolute atomic E-state index is 11.7. The number of aromatic amines is 1. The minimum absolute atomic E-state index is 0.263. The third-order valence-corrected chi connectivity index (χ3v) is 2.85. The molecule has 0 atom stereocenters. The number of H-pyrrole nitrogens is 1. The van der Waals surface area contributed by atoms with Crippen molar-refractivity contribution < 1.29 is 14.3 Å². The molecule has 1 aliphatic rings. The van der Waals surface area contributed by atoms with E-state index < -0.39 is 0 Å². The van der Waals surface area contributed by atoms with E-state index in [1.807, 2.05) is 19.9 Å². The van der Waals surface area contributed by atoms with Crippen molar-refractivity contribution in [3.8, 4) is 0 Å². The fraction of sp³-hybridized carbons (Fsp3) is 0.583. The van der Waals surface area contributed by atoms with Gasteiger partial charge in [0, 0.05) is 18.8 Å². The quantitative estimate of drug-likeness (QED) is 0.807. The van der Waals surface area contributed by atoms with Crippen LogP contribution in [0.25, 0.3) is 0 Å². The van der Waals surface area contributed by atoms with Gasteiger partial charge in [0.15, 0.2) is 0 Å². The first-order valence-corrected chi connectivity index (χ1v) is 5.91. The molecule has 2 heterocycles. The van der Waals surface area contributed by atoms with E-state index >= 15 is 0 Å². The lowest BCUT2D eigenvalue weighted by molar-refractivity contribution is 0.0526. The predicted molar refractivity (Wildman–Crippen MR) is 64.5 cm³/mol. The summed E-state index contributed by atoms with van der Waals surface area (Å²) in [6.45, 7) is 7.25. The second kappa shape index (κ2) is 5.23. The van der Waals surface area contributed by atoms with E-state index in [2.05, 4.69) is 9.88 Å². The Morgan fingerprint density at radius 2 is 2.24 bits per heavy atom. The first kappa shape index (κ1) is 12.0. The summed E-state index contributed by atoms with van der Waals surface area (Å²) >= 11 is 0. The van der Waals surface area contributed by atoms with Crippen LogP contribution in [0.5, 0.6) is 0 Å². The second-order valence-electron chi connectivity index (χ2n) is 4.01. The monoisotopic (exact) mass is 238 g/mol. The normalized spacial score (nSPS) is 16.0. The molecule has 2 rings (SSSR count). The molecule has 1 aromatic heterocycles. The summed E-state index contributed by atoms with van der Waals surface area (Å²) in [6.07, 6.45) is 0. The van der Waals surface area contributed by atoms with Crippen molar-refractivity contribution in [3.63, 3.8) is 0 Å². The second-order valence-corrected chi connectivity index (χ2v) is 4.01. The first-order chi connectivity index (χ1) is 8.22. The molecule has 5 nitrogen and oxygen atoms in total. The van der Waals surface area contributed by atoms with Gasteiger partial charge in [-0.25, -0.2) is 4.79 Å². The number of morpholine rings is 1. The van der Waals surface area contributed by atoms with Gasteiger partial charge in [-0.3, -0.25) is 0 Å². The summed E-state index contributed by atoms with van der Waals surface area (Å²) in [7, 11) is 0. The van der Waals surface area contributed by atoms with E-state index in [1.165, 1.54) is 0 Å². The van der Waals surface area contributed by atoms with Crippen molar-refractivity contribution in [1.82, 2.24) is 4.98 Å². The number of nitrogens with zero attached hydrogens (tertiary/aromatic N) is 1. The number of hydrogen-bond acceptors (Lipinski definition) is 4. The molecule has 1 aromatic rings. The molecule has 0 bridgehead atoms. The number of anilines is 1. The van der Waals surface area contributed by atoms with Gasteiger partial charge in [0.1, 0.15) is 5.82 Å². The van der Waals surface area contributed by atoms with Crippen molar-refractivity contribution in [2.45, 2.75) is 13.8 Å². The van der Waals surface area contributed by atoms with Gasteiger partial charge in [-0.15, -0.1) is 0 Å². The Morgan fingerprint density at radius 1 is 1.53 bits per heavy atom. The summed E-state index contributed by atoms with van der Waals surface area (Å²) < 4.78 is 10.3. The fourth-order valence-corrected chi connectivity index (χ4v) is 1.94. The zero-order valence-corrected chi connectivity index (χ0v) is 10.3. The van der Waals surface area contributed by atoms with Crippen molar-refractivity contribution >= 4 is 11.8 Å². The van der Waals surface area contributed by atoms with Gasteiger partial charge in [-0.2, -0.15) is 0 Å². The Hall–Kier alpha value is -1.49. The van der Waals surface area contributed by atoms with Gasteiger partial charge in [-0.05, 0) is 19.9 Å². The highest BCUT2D eigenvalue weighted by Crippen LogP contribution is 2.20. The third kappa shape index (κ3) is 2.61. The molecule has 0 saturated carbocycles. The van der Waals surface area contributed by atoms with Crippen molar-refractivity contribution in [2.24, 2.45) is 0 Å². The predicted octanol–water partition coefficient (Wildman–Crippen LogP) is 1.34. The van der Waals surface area contributed by atoms with Crippen LogP contribution in [-0.4, -0.2) is 43.9 Å². The van der Waals surface area contributed by atoms with Gasteiger partial charge < -0.3 is 19.4 Å². The standard InChI is InChI=1S/C12H18N2O3/c1-3-17-12(15)10-8-11(13-9(10)2)14-4-6-16-7-5-14/h8,13H,3-7H2,1-2H3. The van der Waals surface area contributed by atoms with Crippen LogP contribution in [-0.2, 0) is 9.47 Å². The molecule has 0 amide bonds. The molecule has 1 fully saturated rings. The van der Waals surface area contributed by atoms with Gasteiger partial charge in [0.2, 0.25) is 0 Å². The van der Waals surface area contributed by atoms with Crippen LogP contribution in [0.1, 0.15) is 23.0 Å². The first-order valence-electron chi connectivity index (χ1n) is 5.91. The molecule has 0 unspecified atom stereocenters. The molecular weight excluding hydrogens is 220 g/mol. The van der Waals surface area contributed by atoms with E-state index in [9.17, 15) is 4.79 Å². The lowest BCUT2D eigenvalue weighted by atomic mass is 10.2. The number of carbonyl (C=O) groups is 1. The number of esters is 1. The lowest BCUT2D eigenvalue weighted by Crippen LogP contribution is -2.36. The van der Waals surface area contributed by atoms with Crippen LogP contribution < -0.4 is 4.90 Å². The maximum atomic E-state index is 11.7. The molecule has 0 aliphatic carbocycles. The van der Waals surface area contributed by atoms with Gasteiger partial charge in [0.05, 0.1) is 25.4 Å². The average Bonchev–Trinajstić information content (AvgIpc) is 2.73. The van der Waals surface area contributed by atoms with Crippen LogP contribution in [0.4, 0.5) is 5.82 Å². The Labute approximate surface area is 101 Å². The highest BCUT2D eigenvalue weighted by Gasteiger charge is 2.18. The number of ether oxygens (including phenoxy) is 2. The SMILES string of the molecule is CCOC(=O)c1cc(N2CCOCC2)[nH]c1C. The number of nitrogens with one attached hydrogen (secondary N) is 1. The Bertz CT molecular complexity index is 394. The van der Waals surface area contributed by atoms with E-state index in [1.54, 1.807) is 0 Å². The molecule has 5 heteroatoms. The van der Waals surface area contributed by atoms with Crippen molar-refractivity contribution in [1.29, 1.82) is 0 Å². The molecular formula is C12H18N2O3. The molecule has 1 N–H and O–H groups in total. The molecule has 1 saturated heterocycles. The highest BCUT2D eigenvalue weighted by molar-refractivity contribution is 5.92. The van der Waals surface area contributed by atoms with Crippen LogP contribution in [0, 0.1) is 6.92 Å². The zero-order chi connectivity index (χ0) is 12.3. The van der Waals surface area contributed by atoms with Crippen LogP contribution >= 0.6 is 0 Å². The Balaban J connectivity index is 2.14. The lowest BCUT2D eigenvalue weighted by Gasteiger charge is -2.27. The minimum atomic E-state index is -0.263. The van der Waals surface area contributed by atoms with E-state index in [-0.39, 0.29) is 5.97 Å². The fourth-order valence-electron chi connectivity index (χ4n) is 1.94. The summed E-state index contributed by atoms with van der Waals surface area (Å²) in [5.41, 5.74) is 1.47. The highest BCUT2D eigenvalue weighted by atomic mass is 16.5. The smallest absolute Gasteiger partial charge is 0.340 e. The summed E-state index contributed by atoms with van der Waals surface area (Å²) in [5.74, 6) is 0.703. The van der Waals surface area contributed by atoms with Crippen molar-refractivity contribution in [3.05, 3.63) is 17.3 Å². The number of rotatable bonds is 3. The molecule has 1 aliphatic heterocycles. The number of carbonyl (C=O) groups excluding carboxylic acids is 1. The van der Waals surface area contributed by atoms with Gasteiger partial charge in [-0.1, -0.05) is 0 Å². The average molecular weight is 238 g/mol. The maximum Gasteiger partial charge on any atom is 0.340 e. The topological polar surface area (TPSA) is 54.6 Å².